The van der Waals surface area contributed by atoms with Gasteiger partial charge in [-0.2, -0.15) is 0 Å². The Morgan fingerprint density at radius 1 is 1.33 bits per heavy atom. The van der Waals surface area contributed by atoms with E-state index >= 15 is 0 Å². The zero-order chi connectivity index (χ0) is 13.5. The van der Waals surface area contributed by atoms with Gasteiger partial charge in [0.05, 0.1) is 0 Å². The number of halogens is 1. The van der Waals surface area contributed by atoms with Gasteiger partial charge in [-0.25, -0.2) is 4.39 Å². The Morgan fingerprint density at radius 2 is 2.06 bits per heavy atom. The molecule has 0 aliphatic carbocycles. The summed E-state index contributed by atoms with van der Waals surface area (Å²) < 4.78 is 13.0. The molecule has 1 aromatic rings. The molecule has 18 heavy (non-hydrogen) atoms. The van der Waals surface area contributed by atoms with Crippen molar-refractivity contribution in [2.24, 2.45) is 5.92 Å². The number of hydrogen-bond donors (Lipinski definition) is 2. The lowest BCUT2D eigenvalue weighted by Crippen LogP contribution is -2.34. The number of amides is 1. The van der Waals surface area contributed by atoms with Gasteiger partial charge in [0.1, 0.15) is 5.82 Å². The summed E-state index contributed by atoms with van der Waals surface area (Å²) in [6.07, 6.45) is 0. The van der Waals surface area contributed by atoms with Crippen molar-refractivity contribution in [1.29, 1.82) is 0 Å². The third-order valence-electron chi connectivity index (χ3n) is 2.75. The number of hydrogen-bond acceptors (Lipinski definition) is 2. The third kappa shape index (κ3) is 4.84. The van der Waals surface area contributed by atoms with E-state index in [9.17, 15) is 9.18 Å². The topological polar surface area (TPSA) is 41.1 Å². The Morgan fingerprint density at radius 3 is 2.72 bits per heavy atom. The van der Waals surface area contributed by atoms with E-state index in [1.54, 1.807) is 6.07 Å². The fraction of sp³-hybridized carbons (Fsp3) is 0.500. The van der Waals surface area contributed by atoms with Crippen molar-refractivity contribution in [2.75, 3.05) is 13.1 Å². The molecule has 0 aliphatic heterocycles. The standard InChI is InChI=1S/C14H21FN2O/c1-10(2)14(18)17-7-6-16-9-12-8-13(15)5-4-11(12)3/h4-5,8,10,16H,6-7,9H2,1-3H3,(H,17,18). The molecule has 0 aromatic heterocycles. The average Bonchev–Trinajstić information content (AvgIpc) is 2.32. The van der Waals surface area contributed by atoms with E-state index < -0.39 is 0 Å². The molecule has 0 saturated carbocycles. The molecule has 0 spiro atoms. The zero-order valence-corrected chi connectivity index (χ0v) is 11.2. The van der Waals surface area contributed by atoms with Crippen molar-refractivity contribution in [3.05, 3.63) is 35.1 Å². The number of carbonyl (C=O) groups is 1. The summed E-state index contributed by atoms with van der Waals surface area (Å²) in [7, 11) is 0. The third-order valence-corrected chi connectivity index (χ3v) is 2.75. The normalized spacial score (nSPS) is 10.7. The lowest BCUT2D eigenvalue weighted by molar-refractivity contribution is -0.123. The van der Waals surface area contributed by atoms with Crippen molar-refractivity contribution < 1.29 is 9.18 Å². The number of nitrogens with one attached hydrogen (secondary N) is 2. The van der Waals surface area contributed by atoms with Crippen LogP contribution >= 0.6 is 0 Å². The minimum absolute atomic E-state index is 0.00969. The summed E-state index contributed by atoms with van der Waals surface area (Å²) in [5, 5.41) is 6.00. The van der Waals surface area contributed by atoms with Crippen LogP contribution in [0, 0.1) is 18.7 Å². The van der Waals surface area contributed by atoms with Gasteiger partial charge in [0, 0.05) is 25.6 Å². The molecular weight excluding hydrogens is 231 g/mol. The maximum absolute atomic E-state index is 13.0. The predicted octanol–water partition coefficient (Wildman–Crippen LogP) is 2.00. The first-order chi connectivity index (χ1) is 8.50. The highest BCUT2D eigenvalue weighted by atomic mass is 19.1. The summed E-state index contributed by atoms with van der Waals surface area (Å²) in [6, 6.07) is 4.77. The minimum atomic E-state index is -0.217. The quantitative estimate of drug-likeness (QED) is 0.760. The molecule has 0 aliphatic rings. The Labute approximate surface area is 108 Å². The highest BCUT2D eigenvalue weighted by molar-refractivity contribution is 5.77. The van der Waals surface area contributed by atoms with E-state index in [-0.39, 0.29) is 17.6 Å². The van der Waals surface area contributed by atoms with Gasteiger partial charge in [-0.15, -0.1) is 0 Å². The molecule has 0 saturated heterocycles. The van der Waals surface area contributed by atoms with Gasteiger partial charge in [0.15, 0.2) is 0 Å². The van der Waals surface area contributed by atoms with E-state index in [1.807, 2.05) is 20.8 Å². The van der Waals surface area contributed by atoms with Crippen LogP contribution in [0.4, 0.5) is 4.39 Å². The van der Waals surface area contributed by atoms with Gasteiger partial charge >= 0.3 is 0 Å². The van der Waals surface area contributed by atoms with Gasteiger partial charge in [-0.1, -0.05) is 19.9 Å². The van der Waals surface area contributed by atoms with Crippen LogP contribution in [0.3, 0.4) is 0 Å². The molecule has 0 fully saturated rings. The van der Waals surface area contributed by atoms with Crippen molar-refractivity contribution in [2.45, 2.75) is 27.3 Å². The highest BCUT2D eigenvalue weighted by Gasteiger charge is 2.05. The van der Waals surface area contributed by atoms with Crippen LogP contribution in [-0.2, 0) is 11.3 Å². The minimum Gasteiger partial charge on any atom is -0.355 e. The highest BCUT2D eigenvalue weighted by Crippen LogP contribution is 2.09. The van der Waals surface area contributed by atoms with Crippen LogP contribution in [0.25, 0.3) is 0 Å². The van der Waals surface area contributed by atoms with E-state index in [0.717, 1.165) is 11.1 Å². The van der Waals surface area contributed by atoms with Crippen LogP contribution in [-0.4, -0.2) is 19.0 Å². The second kappa shape index (κ2) is 7.11. The summed E-state index contributed by atoms with van der Waals surface area (Å²) in [5.74, 6) is -0.153. The lowest BCUT2D eigenvalue weighted by atomic mass is 10.1. The molecule has 0 bridgehead atoms. The van der Waals surface area contributed by atoms with Crippen molar-refractivity contribution in [3.63, 3.8) is 0 Å². The summed E-state index contributed by atoms with van der Waals surface area (Å²) in [6.45, 7) is 7.55. The molecular formula is C14H21FN2O. The summed E-state index contributed by atoms with van der Waals surface area (Å²) in [4.78, 5) is 11.3. The Hall–Kier alpha value is -1.42. The number of benzene rings is 1. The molecule has 1 aromatic carbocycles. The molecule has 0 radical (unpaired) electrons. The van der Waals surface area contributed by atoms with E-state index in [0.29, 0.717) is 19.6 Å². The number of aryl methyl sites for hydroxylation is 1. The summed E-state index contributed by atoms with van der Waals surface area (Å²) in [5.41, 5.74) is 2.01. The molecule has 1 amide bonds. The Bertz CT molecular complexity index is 405. The largest absolute Gasteiger partial charge is 0.355 e. The second-order valence-electron chi connectivity index (χ2n) is 4.69. The maximum Gasteiger partial charge on any atom is 0.222 e. The fourth-order valence-corrected chi connectivity index (χ4v) is 1.53. The smallest absolute Gasteiger partial charge is 0.222 e. The van der Waals surface area contributed by atoms with Gasteiger partial charge in [-0.05, 0) is 30.2 Å². The summed E-state index contributed by atoms with van der Waals surface area (Å²) >= 11 is 0. The number of carbonyl (C=O) groups excluding carboxylic acids is 1. The average molecular weight is 252 g/mol. The first-order valence-corrected chi connectivity index (χ1v) is 6.24. The first-order valence-electron chi connectivity index (χ1n) is 6.24. The molecule has 4 heteroatoms. The van der Waals surface area contributed by atoms with Crippen molar-refractivity contribution in [1.82, 2.24) is 10.6 Å². The molecule has 100 valence electrons. The second-order valence-corrected chi connectivity index (χ2v) is 4.69. The fourth-order valence-electron chi connectivity index (χ4n) is 1.53. The lowest BCUT2D eigenvalue weighted by Gasteiger charge is -2.10. The molecule has 0 heterocycles. The van der Waals surface area contributed by atoms with Gasteiger partial charge in [-0.3, -0.25) is 4.79 Å². The van der Waals surface area contributed by atoms with Crippen LogP contribution in [0.1, 0.15) is 25.0 Å². The molecule has 1 rings (SSSR count). The predicted molar refractivity (Wildman–Crippen MR) is 70.7 cm³/mol. The van der Waals surface area contributed by atoms with Crippen LogP contribution in [0.15, 0.2) is 18.2 Å². The van der Waals surface area contributed by atoms with E-state index in [4.69, 9.17) is 0 Å². The Balaban J connectivity index is 2.26. The first kappa shape index (κ1) is 14.6. The van der Waals surface area contributed by atoms with Gasteiger partial charge < -0.3 is 10.6 Å². The van der Waals surface area contributed by atoms with Crippen molar-refractivity contribution in [3.8, 4) is 0 Å². The number of rotatable bonds is 6. The van der Waals surface area contributed by atoms with E-state index in [1.165, 1.54) is 12.1 Å². The molecule has 2 N–H and O–H groups in total. The molecule has 0 unspecified atom stereocenters. The van der Waals surface area contributed by atoms with Gasteiger partial charge in [0.25, 0.3) is 0 Å². The molecule has 0 atom stereocenters. The molecule has 3 nitrogen and oxygen atoms in total. The van der Waals surface area contributed by atoms with Gasteiger partial charge in [0.2, 0.25) is 5.91 Å². The van der Waals surface area contributed by atoms with Crippen LogP contribution in [0.5, 0.6) is 0 Å². The maximum atomic E-state index is 13.0. The monoisotopic (exact) mass is 252 g/mol. The SMILES string of the molecule is Cc1ccc(F)cc1CNCCNC(=O)C(C)C. The Kier molecular flexibility index (Phi) is 5.78. The van der Waals surface area contributed by atoms with Crippen LogP contribution in [0.2, 0.25) is 0 Å². The van der Waals surface area contributed by atoms with E-state index in [2.05, 4.69) is 10.6 Å². The van der Waals surface area contributed by atoms with Crippen molar-refractivity contribution >= 4 is 5.91 Å². The zero-order valence-electron chi connectivity index (χ0n) is 11.2. The van der Waals surface area contributed by atoms with Crippen LogP contribution < -0.4 is 10.6 Å².